The van der Waals surface area contributed by atoms with E-state index in [0.29, 0.717) is 0 Å². The monoisotopic (exact) mass is 363 g/mol. The summed E-state index contributed by atoms with van der Waals surface area (Å²) in [5, 5.41) is 4.41. The first-order valence-electron chi connectivity index (χ1n) is 9.38. The predicted octanol–water partition coefficient (Wildman–Crippen LogP) is 3.70. The van der Waals surface area contributed by atoms with E-state index in [-0.39, 0.29) is 5.41 Å². The summed E-state index contributed by atoms with van der Waals surface area (Å²) in [5.74, 6) is 1.77. The van der Waals surface area contributed by atoms with Crippen LogP contribution in [0.25, 0.3) is 0 Å². The Morgan fingerprint density at radius 2 is 2.12 bits per heavy atom. The van der Waals surface area contributed by atoms with Crippen LogP contribution in [-0.4, -0.2) is 51.3 Å². The van der Waals surface area contributed by atoms with E-state index in [1.165, 1.54) is 37.7 Å². The summed E-state index contributed by atoms with van der Waals surface area (Å²) in [6.45, 7) is 3.79. The molecule has 0 unspecified atom stereocenters. The number of nitrogens with zero attached hydrogens (tertiary/aromatic N) is 2. The highest BCUT2D eigenvalue weighted by Crippen LogP contribution is 2.48. The average molecular weight is 364 g/mol. The molecular weight excluding hydrogens is 334 g/mol. The molecule has 3 rings (SSSR count). The number of guanidine groups is 1. The van der Waals surface area contributed by atoms with Crippen LogP contribution >= 0.6 is 11.6 Å². The van der Waals surface area contributed by atoms with Gasteiger partial charge in [0.25, 0.3) is 0 Å². The van der Waals surface area contributed by atoms with Gasteiger partial charge in [0.15, 0.2) is 5.96 Å². The topological polar surface area (TPSA) is 36.9 Å². The molecule has 1 aliphatic carbocycles. The van der Waals surface area contributed by atoms with Crippen molar-refractivity contribution in [3.8, 4) is 0 Å². The molecule has 1 aliphatic heterocycles. The second kappa shape index (κ2) is 8.41. The Kier molecular flexibility index (Phi) is 6.24. The molecule has 0 bridgehead atoms. The Morgan fingerprint density at radius 1 is 1.36 bits per heavy atom. The van der Waals surface area contributed by atoms with E-state index >= 15 is 0 Å². The molecule has 1 saturated heterocycles. The van der Waals surface area contributed by atoms with Gasteiger partial charge in [0.2, 0.25) is 0 Å². The van der Waals surface area contributed by atoms with Crippen molar-refractivity contribution in [3.05, 3.63) is 34.9 Å². The van der Waals surface area contributed by atoms with Gasteiger partial charge < -0.3 is 15.0 Å². The fourth-order valence-corrected chi connectivity index (χ4v) is 3.88. The van der Waals surface area contributed by atoms with Gasteiger partial charge in [-0.1, -0.05) is 23.7 Å². The van der Waals surface area contributed by atoms with Gasteiger partial charge in [0.05, 0.1) is 0 Å². The molecule has 0 amide bonds. The van der Waals surface area contributed by atoms with Crippen molar-refractivity contribution >= 4 is 17.6 Å². The highest BCUT2D eigenvalue weighted by molar-refractivity contribution is 6.30. The molecule has 1 aromatic rings. The molecule has 1 N–H and O–H groups in total. The fourth-order valence-electron chi connectivity index (χ4n) is 3.69. The highest BCUT2D eigenvalue weighted by Gasteiger charge is 2.44. The third kappa shape index (κ3) is 4.89. The van der Waals surface area contributed by atoms with Crippen LogP contribution in [0.4, 0.5) is 0 Å². The van der Waals surface area contributed by atoms with Crippen molar-refractivity contribution < 1.29 is 4.74 Å². The first-order chi connectivity index (χ1) is 12.1. The van der Waals surface area contributed by atoms with E-state index in [4.69, 9.17) is 16.3 Å². The molecule has 0 radical (unpaired) electrons. The van der Waals surface area contributed by atoms with Crippen molar-refractivity contribution in [2.75, 3.05) is 40.4 Å². The molecule has 0 atom stereocenters. The van der Waals surface area contributed by atoms with E-state index in [1.54, 1.807) is 0 Å². The van der Waals surface area contributed by atoms with E-state index in [9.17, 15) is 0 Å². The van der Waals surface area contributed by atoms with Gasteiger partial charge in [-0.2, -0.15) is 0 Å². The van der Waals surface area contributed by atoms with E-state index in [0.717, 1.165) is 43.2 Å². The quantitative estimate of drug-likeness (QED) is 0.618. The number of benzene rings is 1. The summed E-state index contributed by atoms with van der Waals surface area (Å²) in [7, 11) is 4.00. The molecule has 138 valence electrons. The molecule has 5 heteroatoms. The highest BCUT2D eigenvalue weighted by atomic mass is 35.5. The van der Waals surface area contributed by atoms with Crippen LogP contribution in [0.3, 0.4) is 0 Å². The zero-order valence-corrected chi connectivity index (χ0v) is 16.2. The lowest BCUT2D eigenvalue weighted by Crippen LogP contribution is -2.43. The third-order valence-electron chi connectivity index (χ3n) is 5.66. The van der Waals surface area contributed by atoms with Gasteiger partial charge in [0, 0.05) is 50.8 Å². The smallest absolute Gasteiger partial charge is 0.193 e. The minimum atomic E-state index is 0.225. The number of halogens is 1. The van der Waals surface area contributed by atoms with Crippen LogP contribution < -0.4 is 5.32 Å². The van der Waals surface area contributed by atoms with Crippen LogP contribution in [0.1, 0.15) is 37.7 Å². The minimum absolute atomic E-state index is 0.225. The lowest BCUT2D eigenvalue weighted by Gasteiger charge is -2.28. The van der Waals surface area contributed by atoms with Gasteiger partial charge in [-0.3, -0.25) is 4.99 Å². The molecular formula is C20H30ClN3O. The van der Waals surface area contributed by atoms with Crippen molar-refractivity contribution in [1.82, 2.24) is 10.2 Å². The number of aliphatic imine (C=N–C) groups is 1. The normalized spacial score (nSPS) is 20.4. The number of hydrogen-bond acceptors (Lipinski definition) is 2. The second-order valence-corrected chi connectivity index (χ2v) is 7.89. The summed E-state index contributed by atoms with van der Waals surface area (Å²) >= 11 is 6.17. The van der Waals surface area contributed by atoms with E-state index < -0.39 is 0 Å². The molecule has 2 fully saturated rings. The van der Waals surface area contributed by atoms with Gasteiger partial charge in [0.1, 0.15) is 0 Å². The first-order valence-corrected chi connectivity index (χ1v) is 9.76. The summed E-state index contributed by atoms with van der Waals surface area (Å²) in [6, 6.07) is 8.29. The summed E-state index contributed by atoms with van der Waals surface area (Å²) in [4.78, 5) is 6.73. The molecule has 4 nitrogen and oxygen atoms in total. The number of rotatable bonds is 6. The van der Waals surface area contributed by atoms with Gasteiger partial charge in [-0.25, -0.2) is 0 Å². The molecule has 25 heavy (non-hydrogen) atoms. The largest absolute Gasteiger partial charge is 0.381 e. The molecule has 0 aromatic heterocycles. The van der Waals surface area contributed by atoms with Gasteiger partial charge in [-0.05, 0) is 55.7 Å². The third-order valence-corrected chi connectivity index (χ3v) is 5.90. The Balaban J connectivity index is 1.50. The van der Waals surface area contributed by atoms with Crippen molar-refractivity contribution in [1.29, 1.82) is 0 Å². The lowest BCUT2D eigenvalue weighted by atomic mass is 9.96. The molecule has 2 aliphatic rings. The van der Waals surface area contributed by atoms with Crippen LogP contribution in [0.15, 0.2) is 29.3 Å². The van der Waals surface area contributed by atoms with Crippen LogP contribution in [0.2, 0.25) is 5.02 Å². The average Bonchev–Trinajstić information content (AvgIpc) is 3.42. The second-order valence-electron chi connectivity index (χ2n) is 7.46. The van der Waals surface area contributed by atoms with Crippen molar-refractivity contribution in [2.45, 2.75) is 37.5 Å². The zero-order chi connectivity index (χ0) is 17.7. The summed E-state index contributed by atoms with van der Waals surface area (Å²) in [6.07, 6.45) is 6.02. The fraction of sp³-hybridized carbons (Fsp3) is 0.650. The van der Waals surface area contributed by atoms with Crippen LogP contribution in [0, 0.1) is 5.92 Å². The van der Waals surface area contributed by atoms with Gasteiger partial charge in [-0.15, -0.1) is 0 Å². The molecule has 0 spiro atoms. The number of nitrogens with one attached hydrogen (secondary N) is 1. The maximum absolute atomic E-state index is 6.17. The minimum Gasteiger partial charge on any atom is -0.381 e. The van der Waals surface area contributed by atoms with Crippen molar-refractivity contribution in [2.24, 2.45) is 10.9 Å². The SMILES string of the molecule is CN=C(NCC1(c2cccc(Cl)c2)CC1)N(C)CCC1CCOCC1. The Hall–Kier alpha value is -1.26. The number of hydrogen-bond donors (Lipinski definition) is 1. The van der Waals surface area contributed by atoms with Crippen LogP contribution in [-0.2, 0) is 10.2 Å². The lowest BCUT2D eigenvalue weighted by molar-refractivity contribution is 0.0625. The molecule has 1 heterocycles. The maximum atomic E-state index is 6.17. The zero-order valence-electron chi connectivity index (χ0n) is 15.4. The van der Waals surface area contributed by atoms with Crippen LogP contribution in [0.5, 0.6) is 0 Å². The summed E-state index contributed by atoms with van der Waals surface area (Å²) in [5.41, 5.74) is 1.57. The Labute approximate surface area is 156 Å². The standard InChI is InChI=1S/C20H30ClN3O/c1-22-19(24(2)11-6-16-7-12-25-13-8-16)23-15-20(9-10-20)17-4-3-5-18(21)14-17/h3-5,14,16H,6-13,15H2,1-2H3,(H,22,23). The predicted molar refractivity (Wildman–Crippen MR) is 105 cm³/mol. The Morgan fingerprint density at radius 3 is 2.76 bits per heavy atom. The molecule has 1 saturated carbocycles. The molecule has 1 aromatic carbocycles. The van der Waals surface area contributed by atoms with E-state index in [1.807, 2.05) is 19.2 Å². The Bertz CT molecular complexity index is 594. The number of ether oxygens (including phenoxy) is 1. The van der Waals surface area contributed by atoms with Crippen molar-refractivity contribution in [3.63, 3.8) is 0 Å². The van der Waals surface area contributed by atoms with E-state index in [2.05, 4.69) is 34.4 Å². The maximum Gasteiger partial charge on any atom is 0.193 e. The van der Waals surface area contributed by atoms with Gasteiger partial charge >= 0.3 is 0 Å². The first kappa shape index (κ1) is 18.5. The summed E-state index contributed by atoms with van der Waals surface area (Å²) < 4.78 is 5.45.